The lowest BCUT2D eigenvalue weighted by molar-refractivity contribution is -0.153. The Hall–Kier alpha value is -0.260. The largest absolute Gasteiger partial charge is 0.465 e. The molecule has 1 fully saturated rings. The Morgan fingerprint density at radius 2 is 2.19 bits per heavy atom. The lowest BCUT2D eigenvalue weighted by Crippen LogP contribution is -2.56. The fourth-order valence-corrected chi connectivity index (χ4v) is 4.06. The average molecular weight is 317 g/mol. The lowest BCUT2D eigenvalue weighted by atomic mass is 9.84. The first-order chi connectivity index (χ1) is 10.2. The Morgan fingerprint density at radius 1 is 1.38 bits per heavy atom. The molecule has 0 aromatic rings. The van der Waals surface area contributed by atoms with Crippen LogP contribution in [0.15, 0.2) is 0 Å². The predicted molar refractivity (Wildman–Crippen MR) is 88.8 cm³/mol. The maximum absolute atomic E-state index is 12.5. The van der Waals surface area contributed by atoms with E-state index in [1.165, 1.54) is 0 Å². The summed E-state index contributed by atoms with van der Waals surface area (Å²) in [5.41, 5.74) is -0.437. The van der Waals surface area contributed by atoms with Gasteiger partial charge in [0.15, 0.2) is 0 Å². The van der Waals surface area contributed by atoms with Crippen molar-refractivity contribution in [1.29, 1.82) is 0 Å². The van der Waals surface area contributed by atoms with Gasteiger partial charge in [-0.3, -0.25) is 4.79 Å². The van der Waals surface area contributed by atoms with Crippen molar-refractivity contribution in [3.63, 3.8) is 0 Å². The Bertz CT molecular complexity index is 301. The summed E-state index contributed by atoms with van der Waals surface area (Å²) >= 11 is 1.91. The second-order valence-electron chi connectivity index (χ2n) is 5.60. The van der Waals surface area contributed by atoms with Gasteiger partial charge < -0.3 is 14.8 Å². The van der Waals surface area contributed by atoms with Crippen LogP contribution in [0.5, 0.6) is 0 Å². The van der Waals surface area contributed by atoms with Crippen molar-refractivity contribution in [2.45, 2.75) is 51.5 Å². The summed E-state index contributed by atoms with van der Waals surface area (Å²) in [5, 5.41) is 3.52. The van der Waals surface area contributed by atoms with Gasteiger partial charge in [0.1, 0.15) is 5.54 Å². The highest BCUT2D eigenvalue weighted by Crippen LogP contribution is 2.39. The molecule has 0 aromatic heterocycles. The van der Waals surface area contributed by atoms with E-state index in [1.807, 2.05) is 18.7 Å². The highest BCUT2D eigenvalue weighted by molar-refractivity contribution is 7.99. The first-order valence-corrected chi connectivity index (χ1v) is 9.35. The number of methoxy groups -OCH3 is 1. The minimum atomic E-state index is -0.437. The van der Waals surface area contributed by atoms with E-state index in [2.05, 4.69) is 12.2 Å². The topological polar surface area (TPSA) is 47.6 Å². The van der Waals surface area contributed by atoms with Crippen LogP contribution in [-0.4, -0.2) is 49.9 Å². The van der Waals surface area contributed by atoms with Gasteiger partial charge in [-0.05, 0) is 50.8 Å². The Balaban J connectivity index is 2.58. The van der Waals surface area contributed by atoms with E-state index in [9.17, 15) is 4.79 Å². The lowest BCUT2D eigenvalue weighted by Gasteiger charge is -2.34. The van der Waals surface area contributed by atoms with Crippen molar-refractivity contribution < 1.29 is 14.3 Å². The molecule has 0 aromatic carbocycles. The van der Waals surface area contributed by atoms with Crippen molar-refractivity contribution in [3.8, 4) is 0 Å². The fraction of sp³-hybridized carbons (Fsp3) is 0.938. The smallest absolute Gasteiger partial charge is 0.326 e. The van der Waals surface area contributed by atoms with Crippen LogP contribution in [-0.2, 0) is 14.3 Å². The summed E-state index contributed by atoms with van der Waals surface area (Å²) in [6.07, 6.45) is 5.27. The molecule has 124 valence electrons. The summed E-state index contributed by atoms with van der Waals surface area (Å²) in [4.78, 5) is 12.5. The van der Waals surface area contributed by atoms with Crippen molar-refractivity contribution in [3.05, 3.63) is 0 Å². The van der Waals surface area contributed by atoms with Crippen LogP contribution in [0.25, 0.3) is 0 Å². The summed E-state index contributed by atoms with van der Waals surface area (Å²) in [6, 6.07) is 0. The maximum atomic E-state index is 12.5. The van der Waals surface area contributed by atoms with Gasteiger partial charge >= 0.3 is 5.97 Å². The zero-order chi connectivity index (χ0) is 15.6. The van der Waals surface area contributed by atoms with Crippen molar-refractivity contribution >= 4 is 17.7 Å². The number of ether oxygens (including phenoxy) is 2. The van der Waals surface area contributed by atoms with E-state index in [-0.39, 0.29) is 5.97 Å². The fourth-order valence-electron chi connectivity index (χ4n) is 3.12. The van der Waals surface area contributed by atoms with Gasteiger partial charge in [0, 0.05) is 12.9 Å². The standard InChI is InChI=1S/C16H31NO3S/c1-4-10-17-16(15(18)20-5-2)9-6-7-14(16)8-12-21-13-11-19-3/h14,17H,4-13H2,1-3H3. The van der Waals surface area contributed by atoms with Gasteiger partial charge in [-0.2, -0.15) is 11.8 Å². The molecule has 5 heteroatoms. The molecule has 1 N–H and O–H groups in total. The van der Waals surface area contributed by atoms with Crippen LogP contribution in [0.2, 0.25) is 0 Å². The van der Waals surface area contributed by atoms with Gasteiger partial charge in [-0.1, -0.05) is 13.3 Å². The second-order valence-corrected chi connectivity index (χ2v) is 6.83. The molecule has 0 spiro atoms. The summed E-state index contributed by atoms with van der Waals surface area (Å²) in [7, 11) is 1.73. The minimum Gasteiger partial charge on any atom is -0.465 e. The summed E-state index contributed by atoms with van der Waals surface area (Å²) in [5.74, 6) is 2.47. The molecule has 1 aliphatic carbocycles. The molecular weight excluding hydrogens is 286 g/mol. The predicted octanol–water partition coefficient (Wildman–Crippen LogP) is 2.86. The van der Waals surface area contributed by atoms with Gasteiger partial charge in [0.05, 0.1) is 13.2 Å². The number of hydrogen-bond acceptors (Lipinski definition) is 5. The number of rotatable bonds is 11. The maximum Gasteiger partial charge on any atom is 0.326 e. The zero-order valence-electron chi connectivity index (χ0n) is 13.8. The minimum absolute atomic E-state index is 0.0390. The molecule has 1 saturated carbocycles. The normalized spacial score (nSPS) is 25.2. The van der Waals surface area contributed by atoms with Gasteiger partial charge in [-0.15, -0.1) is 0 Å². The SMILES string of the molecule is CCCNC1(C(=O)OCC)CCCC1CCSCCOC. The van der Waals surface area contributed by atoms with E-state index in [4.69, 9.17) is 9.47 Å². The van der Waals surface area contributed by atoms with Gasteiger partial charge in [0.2, 0.25) is 0 Å². The monoisotopic (exact) mass is 317 g/mol. The molecule has 0 bridgehead atoms. The van der Waals surface area contributed by atoms with Crippen LogP contribution in [0.1, 0.15) is 46.0 Å². The third-order valence-electron chi connectivity index (χ3n) is 4.19. The summed E-state index contributed by atoms with van der Waals surface area (Å²) in [6.45, 7) is 6.16. The molecule has 1 rings (SSSR count). The molecule has 0 radical (unpaired) electrons. The number of esters is 1. The molecule has 0 amide bonds. The summed E-state index contributed by atoms with van der Waals surface area (Å²) < 4.78 is 10.4. The van der Waals surface area contributed by atoms with Crippen molar-refractivity contribution in [2.24, 2.45) is 5.92 Å². The number of thioether (sulfide) groups is 1. The first-order valence-electron chi connectivity index (χ1n) is 8.20. The van der Waals surface area contributed by atoms with Gasteiger partial charge in [-0.25, -0.2) is 0 Å². The van der Waals surface area contributed by atoms with E-state index < -0.39 is 5.54 Å². The van der Waals surface area contributed by atoms with E-state index in [0.717, 1.165) is 56.8 Å². The zero-order valence-corrected chi connectivity index (χ0v) is 14.6. The quantitative estimate of drug-likeness (QED) is 0.469. The van der Waals surface area contributed by atoms with Crippen LogP contribution >= 0.6 is 11.8 Å². The van der Waals surface area contributed by atoms with Crippen LogP contribution in [0, 0.1) is 5.92 Å². The second kappa shape index (κ2) is 10.5. The Kier molecular flexibility index (Phi) is 9.36. The van der Waals surface area contributed by atoms with Gasteiger partial charge in [0.25, 0.3) is 0 Å². The number of carbonyl (C=O) groups excluding carboxylic acids is 1. The molecule has 0 aliphatic heterocycles. The highest BCUT2D eigenvalue weighted by atomic mass is 32.2. The van der Waals surface area contributed by atoms with E-state index >= 15 is 0 Å². The third-order valence-corrected chi connectivity index (χ3v) is 5.17. The highest BCUT2D eigenvalue weighted by Gasteiger charge is 2.49. The van der Waals surface area contributed by atoms with Crippen LogP contribution < -0.4 is 5.32 Å². The number of carbonyl (C=O) groups is 1. The molecule has 21 heavy (non-hydrogen) atoms. The third kappa shape index (κ3) is 5.46. The first kappa shape index (κ1) is 18.8. The molecular formula is C16H31NO3S. The molecule has 1 aliphatic rings. The Labute approximate surface area is 133 Å². The molecule has 4 nitrogen and oxygen atoms in total. The molecule has 0 heterocycles. The Morgan fingerprint density at radius 3 is 2.86 bits per heavy atom. The average Bonchev–Trinajstić information content (AvgIpc) is 2.89. The van der Waals surface area contributed by atoms with Crippen LogP contribution in [0.3, 0.4) is 0 Å². The van der Waals surface area contributed by atoms with E-state index in [0.29, 0.717) is 12.5 Å². The van der Waals surface area contributed by atoms with Crippen molar-refractivity contribution in [2.75, 3.05) is 38.4 Å². The van der Waals surface area contributed by atoms with Crippen LogP contribution in [0.4, 0.5) is 0 Å². The molecule has 2 unspecified atom stereocenters. The number of hydrogen-bond donors (Lipinski definition) is 1. The van der Waals surface area contributed by atoms with Crippen molar-refractivity contribution in [1.82, 2.24) is 5.32 Å². The number of nitrogens with one attached hydrogen (secondary N) is 1. The molecule has 2 atom stereocenters. The van der Waals surface area contributed by atoms with E-state index in [1.54, 1.807) is 7.11 Å². The molecule has 0 saturated heterocycles.